The molecule has 6 heteroatoms. The maximum atomic E-state index is 12.6. The molecule has 0 aliphatic carbocycles. The van der Waals surface area contributed by atoms with Crippen LogP contribution in [0, 0.1) is 6.92 Å². The largest absolute Gasteiger partial charge is 0.451 e. The molecule has 0 spiro atoms. The molecule has 0 aliphatic rings. The molecule has 0 aliphatic heterocycles. The minimum absolute atomic E-state index is 0.257. The molecule has 3 aromatic rings. The number of aryl methyl sites for hydroxylation is 2. The van der Waals surface area contributed by atoms with Gasteiger partial charge < -0.3 is 14.2 Å². The SMILES string of the molecule is CCc1noc(C)c1C(=O)O[C@@H](C)C(=O)c1c[nH]c2ccccc12. The molecular weight excluding hydrogens is 308 g/mol. The first-order valence-corrected chi connectivity index (χ1v) is 7.79. The van der Waals surface area contributed by atoms with Crippen molar-refractivity contribution in [3.8, 4) is 0 Å². The highest BCUT2D eigenvalue weighted by atomic mass is 16.5. The average molecular weight is 326 g/mol. The predicted octanol–water partition coefficient (Wildman–Crippen LogP) is 3.45. The van der Waals surface area contributed by atoms with E-state index < -0.39 is 12.1 Å². The lowest BCUT2D eigenvalue weighted by Crippen LogP contribution is -2.25. The van der Waals surface area contributed by atoms with Crippen LogP contribution in [0.4, 0.5) is 0 Å². The fourth-order valence-electron chi connectivity index (χ4n) is 2.69. The summed E-state index contributed by atoms with van der Waals surface area (Å²) in [5, 5.41) is 4.64. The van der Waals surface area contributed by atoms with Crippen molar-refractivity contribution in [1.29, 1.82) is 0 Å². The maximum Gasteiger partial charge on any atom is 0.344 e. The van der Waals surface area contributed by atoms with Crippen molar-refractivity contribution in [2.75, 3.05) is 0 Å². The van der Waals surface area contributed by atoms with Gasteiger partial charge in [0.25, 0.3) is 0 Å². The molecule has 0 unspecified atom stereocenters. The summed E-state index contributed by atoms with van der Waals surface area (Å²) in [6.07, 6.45) is 1.28. The van der Waals surface area contributed by atoms with E-state index in [-0.39, 0.29) is 5.78 Å². The van der Waals surface area contributed by atoms with E-state index in [9.17, 15) is 9.59 Å². The Morgan fingerprint density at radius 3 is 2.83 bits per heavy atom. The van der Waals surface area contributed by atoms with Crippen LogP contribution in [0.3, 0.4) is 0 Å². The Morgan fingerprint density at radius 1 is 1.33 bits per heavy atom. The van der Waals surface area contributed by atoms with Gasteiger partial charge in [0, 0.05) is 22.7 Å². The molecule has 0 bridgehead atoms. The summed E-state index contributed by atoms with van der Waals surface area (Å²) in [5.41, 5.74) is 2.20. The standard InChI is InChI=1S/C18H18N2O4/c1-4-14-16(10(2)24-20-14)18(22)23-11(3)17(21)13-9-19-15-8-6-5-7-12(13)15/h5-9,11,19H,4H2,1-3H3/t11-/m0/s1. The highest BCUT2D eigenvalue weighted by Crippen LogP contribution is 2.21. The van der Waals surface area contributed by atoms with Crippen molar-refractivity contribution >= 4 is 22.7 Å². The number of Topliss-reactive ketones (excluding diaryl/α,β-unsaturated/α-hetero) is 1. The summed E-state index contributed by atoms with van der Waals surface area (Å²) in [7, 11) is 0. The van der Waals surface area contributed by atoms with Crippen LogP contribution in [-0.2, 0) is 11.2 Å². The van der Waals surface area contributed by atoms with Gasteiger partial charge in [0.2, 0.25) is 5.78 Å². The number of benzene rings is 1. The number of ether oxygens (including phenoxy) is 1. The Kier molecular flexibility index (Phi) is 4.20. The second-order valence-corrected chi connectivity index (χ2v) is 5.57. The molecule has 0 fully saturated rings. The monoisotopic (exact) mass is 326 g/mol. The van der Waals surface area contributed by atoms with Crippen LogP contribution in [-0.4, -0.2) is 28.0 Å². The van der Waals surface area contributed by atoms with Gasteiger partial charge >= 0.3 is 5.97 Å². The lowest BCUT2D eigenvalue weighted by Gasteiger charge is -2.12. The molecule has 0 amide bonds. The smallest absolute Gasteiger partial charge is 0.344 e. The summed E-state index contributed by atoms with van der Waals surface area (Å²) in [5.74, 6) is -0.456. The van der Waals surface area contributed by atoms with Crippen LogP contribution in [0.1, 0.15) is 46.0 Å². The molecule has 3 rings (SSSR count). The van der Waals surface area contributed by atoms with Gasteiger partial charge in [0.15, 0.2) is 6.10 Å². The van der Waals surface area contributed by atoms with Crippen LogP contribution in [0.15, 0.2) is 35.0 Å². The highest BCUT2D eigenvalue weighted by molar-refractivity contribution is 6.10. The molecule has 0 saturated carbocycles. The minimum atomic E-state index is -0.907. The summed E-state index contributed by atoms with van der Waals surface area (Å²) >= 11 is 0. The number of aromatic amines is 1. The van der Waals surface area contributed by atoms with Crippen molar-refractivity contribution in [2.24, 2.45) is 0 Å². The summed E-state index contributed by atoms with van der Waals surface area (Å²) < 4.78 is 10.4. The number of esters is 1. The number of carbonyl (C=O) groups is 2. The van der Waals surface area contributed by atoms with Gasteiger partial charge in [0.05, 0.1) is 5.69 Å². The zero-order chi connectivity index (χ0) is 17.3. The second kappa shape index (κ2) is 6.31. The Morgan fingerprint density at radius 2 is 2.08 bits per heavy atom. The molecule has 124 valence electrons. The van der Waals surface area contributed by atoms with Crippen molar-refractivity contribution < 1.29 is 18.8 Å². The molecule has 6 nitrogen and oxygen atoms in total. The topological polar surface area (TPSA) is 85.2 Å². The fraction of sp³-hybridized carbons (Fsp3) is 0.278. The quantitative estimate of drug-likeness (QED) is 0.573. The highest BCUT2D eigenvalue weighted by Gasteiger charge is 2.26. The Balaban J connectivity index is 1.81. The Labute approximate surface area is 138 Å². The van der Waals surface area contributed by atoms with E-state index in [0.29, 0.717) is 29.0 Å². The van der Waals surface area contributed by atoms with Crippen molar-refractivity contribution in [3.05, 3.63) is 53.0 Å². The number of nitrogens with zero attached hydrogens (tertiary/aromatic N) is 1. The van der Waals surface area contributed by atoms with Crippen LogP contribution in [0.2, 0.25) is 0 Å². The van der Waals surface area contributed by atoms with E-state index in [1.807, 2.05) is 31.2 Å². The third kappa shape index (κ3) is 2.71. The van der Waals surface area contributed by atoms with Gasteiger partial charge in [-0.15, -0.1) is 0 Å². The van der Waals surface area contributed by atoms with Gasteiger partial charge in [-0.05, 0) is 26.3 Å². The van der Waals surface area contributed by atoms with E-state index in [1.54, 1.807) is 20.0 Å². The fourth-order valence-corrected chi connectivity index (χ4v) is 2.69. The number of ketones is 1. The summed E-state index contributed by atoms with van der Waals surface area (Å²) in [6, 6.07) is 7.49. The van der Waals surface area contributed by atoms with E-state index in [1.165, 1.54) is 0 Å². The Hall–Kier alpha value is -2.89. The van der Waals surface area contributed by atoms with Crippen LogP contribution in [0.25, 0.3) is 10.9 Å². The van der Waals surface area contributed by atoms with Crippen LogP contribution < -0.4 is 0 Å². The second-order valence-electron chi connectivity index (χ2n) is 5.57. The molecule has 1 aromatic carbocycles. The number of fused-ring (bicyclic) bond motifs is 1. The van der Waals surface area contributed by atoms with Gasteiger partial charge in [-0.2, -0.15) is 0 Å². The van der Waals surface area contributed by atoms with Gasteiger partial charge in [0.1, 0.15) is 11.3 Å². The third-order valence-corrected chi connectivity index (χ3v) is 3.98. The zero-order valence-corrected chi connectivity index (χ0v) is 13.8. The van der Waals surface area contributed by atoms with Gasteiger partial charge in [-0.1, -0.05) is 30.3 Å². The number of hydrogen-bond acceptors (Lipinski definition) is 5. The van der Waals surface area contributed by atoms with Gasteiger partial charge in [-0.25, -0.2) is 4.79 Å². The lowest BCUT2D eigenvalue weighted by molar-refractivity contribution is 0.0317. The van der Waals surface area contributed by atoms with Gasteiger partial charge in [-0.3, -0.25) is 4.79 Å². The summed E-state index contributed by atoms with van der Waals surface area (Å²) in [4.78, 5) is 28.0. The minimum Gasteiger partial charge on any atom is -0.451 e. The maximum absolute atomic E-state index is 12.6. The molecule has 24 heavy (non-hydrogen) atoms. The lowest BCUT2D eigenvalue weighted by atomic mass is 10.1. The number of nitrogens with one attached hydrogen (secondary N) is 1. The first kappa shape index (κ1) is 16.0. The molecule has 0 radical (unpaired) electrons. The van der Waals surface area contributed by atoms with E-state index >= 15 is 0 Å². The number of para-hydroxylation sites is 1. The molecule has 1 atom stereocenters. The molecule has 0 saturated heterocycles. The van der Waals surface area contributed by atoms with Crippen molar-refractivity contribution in [3.63, 3.8) is 0 Å². The number of rotatable bonds is 5. The number of H-pyrrole nitrogens is 1. The van der Waals surface area contributed by atoms with Crippen LogP contribution in [0.5, 0.6) is 0 Å². The first-order chi connectivity index (χ1) is 11.5. The molecule has 2 aromatic heterocycles. The predicted molar refractivity (Wildman–Crippen MR) is 88.1 cm³/mol. The van der Waals surface area contributed by atoms with E-state index in [2.05, 4.69) is 10.1 Å². The van der Waals surface area contributed by atoms with E-state index in [4.69, 9.17) is 9.26 Å². The summed E-state index contributed by atoms with van der Waals surface area (Å²) in [6.45, 7) is 5.08. The number of aromatic nitrogens is 2. The van der Waals surface area contributed by atoms with Crippen LogP contribution >= 0.6 is 0 Å². The normalized spacial score (nSPS) is 12.3. The Bertz CT molecular complexity index is 907. The molecule has 2 heterocycles. The number of carbonyl (C=O) groups excluding carboxylic acids is 2. The zero-order valence-electron chi connectivity index (χ0n) is 13.8. The average Bonchev–Trinajstić information content (AvgIpc) is 3.17. The third-order valence-electron chi connectivity index (χ3n) is 3.98. The van der Waals surface area contributed by atoms with Crippen molar-refractivity contribution in [2.45, 2.75) is 33.3 Å². The first-order valence-electron chi connectivity index (χ1n) is 7.79. The van der Waals surface area contributed by atoms with E-state index in [0.717, 1.165) is 10.9 Å². The molecule has 1 N–H and O–H groups in total. The number of hydrogen-bond donors (Lipinski definition) is 1. The van der Waals surface area contributed by atoms with Crippen molar-refractivity contribution in [1.82, 2.24) is 10.1 Å². The molecular formula is C18H18N2O4.